The van der Waals surface area contributed by atoms with Gasteiger partial charge in [-0.05, 0) is 97.3 Å². The van der Waals surface area contributed by atoms with E-state index >= 15 is 0 Å². The number of fused-ring (bicyclic) bond motifs is 3. The topological polar surface area (TPSA) is 44.6 Å². The van der Waals surface area contributed by atoms with Crippen molar-refractivity contribution < 1.29 is 5.32 Å². The van der Waals surface area contributed by atoms with Crippen LogP contribution in [0.5, 0.6) is 0 Å². The van der Waals surface area contributed by atoms with E-state index in [4.69, 9.17) is 9.98 Å². The molecular formula is C28H41N4+. The fraction of sp³-hybridized carbons (Fsp3) is 0.714. The Hall–Kier alpha value is -1.68. The third-order valence-electron chi connectivity index (χ3n) is 8.85. The lowest BCUT2D eigenvalue weighted by Crippen LogP contribution is -3.05. The highest BCUT2D eigenvalue weighted by Crippen LogP contribution is 2.55. The Morgan fingerprint density at radius 3 is 2.59 bits per heavy atom. The molecule has 2 fully saturated rings. The molecule has 32 heavy (non-hydrogen) atoms. The van der Waals surface area contributed by atoms with Crippen molar-refractivity contribution in [2.75, 3.05) is 0 Å². The molecule has 0 aromatic carbocycles. The summed E-state index contributed by atoms with van der Waals surface area (Å²) in [4.78, 5) is 13.6. The average molecular weight is 434 g/mol. The lowest BCUT2D eigenvalue weighted by molar-refractivity contribution is -0.787. The molecule has 3 aliphatic heterocycles. The molecule has 1 saturated heterocycles. The van der Waals surface area contributed by atoms with Crippen LogP contribution < -0.4 is 5.32 Å². The molecule has 0 amide bonds. The molecule has 1 spiro atoms. The highest BCUT2D eigenvalue weighted by molar-refractivity contribution is 6.22. The quantitative estimate of drug-likeness (QED) is 0.579. The van der Waals surface area contributed by atoms with Gasteiger partial charge in [-0.15, -0.1) is 0 Å². The zero-order valence-electron chi connectivity index (χ0n) is 20.6. The summed E-state index contributed by atoms with van der Waals surface area (Å²) < 4.78 is 0. The largest absolute Gasteiger partial charge is 0.337 e. The number of piperidine rings is 1. The lowest BCUT2D eigenvalue weighted by atomic mass is 9.70. The Morgan fingerprint density at radius 2 is 1.78 bits per heavy atom. The van der Waals surface area contributed by atoms with Crippen LogP contribution in [0.15, 0.2) is 45.2 Å². The number of hydrogen-bond acceptors (Lipinski definition) is 3. The van der Waals surface area contributed by atoms with E-state index < -0.39 is 0 Å². The number of quaternary nitrogens is 1. The van der Waals surface area contributed by atoms with E-state index in [1.165, 1.54) is 69.2 Å². The van der Waals surface area contributed by atoms with Gasteiger partial charge in [-0.1, -0.05) is 12.0 Å². The van der Waals surface area contributed by atoms with Crippen molar-refractivity contribution in [3.05, 3.63) is 35.2 Å². The van der Waals surface area contributed by atoms with Crippen molar-refractivity contribution in [3.63, 3.8) is 0 Å². The monoisotopic (exact) mass is 433 g/mol. The van der Waals surface area contributed by atoms with Crippen LogP contribution in [0.25, 0.3) is 0 Å². The molecule has 3 heterocycles. The predicted molar refractivity (Wildman–Crippen MR) is 132 cm³/mol. The molecule has 6 aliphatic rings. The van der Waals surface area contributed by atoms with Crippen LogP contribution in [0, 0.1) is 5.92 Å². The Balaban J connectivity index is 1.38. The molecule has 4 nitrogen and oxygen atoms in total. The minimum absolute atomic E-state index is 0.000833. The first kappa shape index (κ1) is 20.9. The molecule has 2 atom stereocenters. The van der Waals surface area contributed by atoms with Crippen molar-refractivity contribution in [1.82, 2.24) is 4.90 Å². The summed E-state index contributed by atoms with van der Waals surface area (Å²) in [6.45, 7) is 9.48. The maximum atomic E-state index is 5.50. The number of nitrogens with two attached hydrogens (primary N) is 1. The van der Waals surface area contributed by atoms with Gasteiger partial charge in [-0.25, -0.2) is 0 Å². The molecule has 0 aromatic heterocycles. The molecule has 2 N–H and O–H groups in total. The van der Waals surface area contributed by atoms with Crippen molar-refractivity contribution in [3.8, 4) is 0 Å². The first-order valence-electron chi connectivity index (χ1n) is 13.2. The summed E-state index contributed by atoms with van der Waals surface area (Å²) in [5.74, 6) is 0.691. The van der Waals surface area contributed by atoms with E-state index in [9.17, 15) is 0 Å². The molecule has 0 aromatic rings. The second-order valence-electron chi connectivity index (χ2n) is 12.7. The zero-order chi connectivity index (χ0) is 22.1. The van der Waals surface area contributed by atoms with Gasteiger partial charge in [0.25, 0.3) is 0 Å². The van der Waals surface area contributed by atoms with Gasteiger partial charge in [0, 0.05) is 24.5 Å². The number of allylic oxidation sites excluding steroid dienone is 5. The van der Waals surface area contributed by atoms with Crippen LogP contribution in [0.1, 0.15) is 98.3 Å². The molecule has 4 heteroatoms. The number of nitrogens with zero attached hydrogens (tertiary/aromatic N) is 3. The van der Waals surface area contributed by atoms with E-state index in [0.29, 0.717) is 12.0 Å². The van der Waals surface area contributed by atoms with E-state index in [1.54, 1.807) is 11.3 Å². The standard InChI is InChI=1S/C28H40N4/c1-26(2)17-22(18-27(3,4)31-26)29-21-12-13-23-25(16-21)32-24-11-6-5-9-19(24)15-20-10-7-8-14-28(20,32)30-23/h12-13,16,20,22,31H,5-11,14-15,17-18H2,1-4H3/p+1/t20-,28-/m0/s1. The third kappa shape index (κ3) is 3.36. The van der Waals surface area contributed by atoms with E-state index in [1.807, 2.05) is 0 Å². The molecular weight excluding hydrogens is 392 g/mol. The van der Waals surface area contributed by atoms with Crippen LogP contribution in [0.4, 0.5) is 0 Å². The van der Waals surface area contributed by atoms with Crippen molar-refractivity contribution in [2.45, 2.75) is 121 Å². The minimum Gasteiger partial charge on any atom is -0.337 e. The molecule has 3 aliphatic carbocycles. The van der Waals surface area contributed by atoms with Crippen molar-refractivity contribution in [2.24, 2.45) is 15.9 Å². The zero-order valence-corrected chi connectivity index (χ0v) is 20.6. The fourth-order valence-electron chi connectivity index (χ4n) is 8.13. The van der Waals surface area contributed by atoms with Gasteiger partial charge in [0.15, 0.2) is 0 Å². The molecule has 6 rings (SSSR count). The predicted octanol–water partition coefficient (Wildman–Crippen LogP) is 5.04. The van der Waals surface area contributed by atoms with Crippen LogP contribution in [-0.4, -0.2) is 39.1 Å². The maximum Gasteiger partial charge on any atom is 0.139 e. The van der Waals surface area contributed by atoms with Gasteiger partial charge in [0.2, 0.25) is 0 Å². The summed E-state index contributed by atoms with van der Waals surface area (Å²) in [7, 11) is 0. The Kier molecular flexibility index (Phi) is 4.67. The second kappa shape index (κ2) is 7.16. The number of aliphatic imine (C=N–C) groups is 2. The first-order chi connectivity index (χ1) is 15.2. The normalized spacial score (nSPS) is 36.8. The molecule has 0 radical (unpaired) electrons. The van der Waals surface area contributed by atoms with Crippen LogP contribution in [0.3, 0.4) is 0 Å². The van der Waals surface area contributed by atoms with E-state index in [0.717, 1.165) is 18.6 Å². The lowest BCUT2D eigenvalue weighted by Gasteiger charge is -2.52. The summed E-state index contributed by atoms with van der Waals surface area (Å²) in [6, 6.07) is 0.392. The number of rotatable bonds is 1. The minimum atomic E-state index is -0.000833. The Bertz CT molecular complexity index is 959. The van der Waals surface area contributed by atoms with Crippen molar-refractivity contribution >= 4 is 11.4 Å². The first-order valence-corrected chi connectivity index (χ1v) is 13.2. The highest BCUT2D eigenvalue weighted by Gasteiger charge is 2.55. The van der Waals surface area contributed by atoms with Gasteiger partial charge in [-0.2, -0.15) is 0 Å². The van der Waals surface area contributed by atoms with E-state index in [-0.39, 0.29) is 16.7 Å². The Labute approximate surface area is 194 Å². The SMILES string of the molecule is CC1(C)CC(N=C2C=CC3=N[C@]45CCCC[C@H]4CC4=C(CCCC4)N5C3=C2)CC(C)(C)[NH2+]1. The highest BCUT2D eigenvalue weighted by atomic mass is 15.4. The third-order valence-corrected chi connectivity index (χ3v) is 8.85. The van der Waals surface area contributed by atoms with E-state index in [2.05, 4.69) is 56.1 Å². The summed E-state index contributed by atoms with van der Waals surface area (Å²) in [5.41, 5.74) is 7.59. The summed E-state index contributed by atoms with van der Waals surface area (Å²) in [5, 5.41) is 2.55. The Morgan fingerprint density at radius 1 is 1.00 bits per heavy atom. The second-order valence-corrected chi connectivity index (χ2v) is 12.7. The van der Waals surface area contributed by atoms with Crippen LogP contribution in [0.2, 0.25) is 0 Å². The van der Waals surface area contributed by atoms with Gasteiger partial charge in [-0.3, -0.25) is 9.98 Å². The summed E-state index contributed by atoms with van der Waals surface area (Å²) in [6.07, 6.45) is 21.0. The van der Waals surface area contributed by atoms with Gasteiger partial charge in [0.05, 0.1) is 34.2 Å². The van der Waals surface area contributed by atoms with Gasteiger partial charge < -0.3 is 10.2 Å². The van der Waals surface area contributed by atoms with Crippen LogP contribution in [-0.2, 0) is 0 Å². The summed E-state index contributed by atoms with van der Waals surface area (Å²) >= 11 is 0. The molecule has 0 bridgehead atoms. The maximum absolute atomic E-state index is 5.50. The average Bonchev–Trinajstić information content (AvgIpc) is 3.03. The van der Waals surface area contributed by atoms with Gasteiger partial charge >= 0.3 is 0 Å². The van der Waals surface area contributed by atoms with Gasteiger partial charge in [0.1, 0.15) is 5.66 Å². The van der Waals surface area contributed by atoms with Crippen molar-refractivity contribution in [1.29, 1.82) is 0 Å². The number of hydrogen-bond donors (Lipinski definition) is 1. The van der Waals surface area contributed by atoms with Crippen LogP contribution >= 0.6 is 0 Å². The molecule has 172 valence electrons. The smallest absolute Gasteiger partial charge is 0.139 e. The molecule has 0 unspecified atom stereocenters. The molecule has 1 saturated carbocycles. The fourth-order valence-corrected chi connectivity index (χ4v) is 8.13.